The molecular formula is C23H21NO6S. The topological polar surface area (TPSA) is 102 Å². The van der Waals surface area contributed by atoms with Crippen molar-refractivity contribution in [2.45, 2.75) is 17.7 Å². The predicted molar refractivity (Wildman–Crippen MR) is 116 cm³/mol. The van der Waals surface area contributed by atoms with Gasteiger partial charge in [0.05, 0.1) is 17.6 Å². The van der Waals surface area contributed by atoms with Crippen LogP contribution >= 0.6 is 11.8 Å². The molecule has 2 unspecified atom stereocenters. The molecule has 1 aliphatic heterocycles. The van der Waals surface area contributed by atoms with E-state index in [1.165, 1.54) is 11.8 Å². The fourth-order valence-electron chi connectivity index (χ4n) is 3.58. The summed E-state index contributed by atoms with van der Waals surface area (Å²) in [7, 11) is 0. The molecule has 0 fully saturated rings. The Bertz CT molecular complexity index is 1050. The third kappa shape index (κ3) is 4.91. The Morgan fingerprint density at radius 3 is 2.58 bits per heavy atom. The van der Waals surface area contributed by atoms with E-state index in [4.69, 9.17) is 9.47 Å². The van der Waals surface area contributed by atoms with Crippen molar-refractivity contribution < 1.29 is 29.0 Å². The standard InChI is InChI=1S/C23H21NO6S/c25-19(14-8-9-20-21(10-14)30-13-29-20)12-31-16-5-3-4-15(11-16)24-22(26)17-6-1-2-7-18(17)23(27)28/h1-5,8-11,17-18H,6-7,12-13H2,(H,24,26)(H,27,28). The van der Waals surface area contributed by atoms with Gasteiger partial charge in [0.25, 0.3) is 0 Å². The number of carboxylic acids is 1. The van der Waals surface area contributed by atoms with E-state index in [1.807, 2.05) is 12.1 Å². The molecule has 7 nitrogen and oxygen atoms in total. The van der Waals surface area contributed by atoms with Gasteiger partial charge in [0.2, 0.25) is 12.7 Å². The van der Waals surface area contributed by atoms with Gasteiger partial charge in [-0.05, 0) is 49.2 Å². The lowest BCUT2D eigenvalue weighted by atomic mass is 9.82. The van der Waals surface area contributed by atoms with Gasteiger partial charge in [-0.25, -0.2) is 0 Å². The number of hydrogen-bond donors (Lipinski definition) is 2. The van der Waals surface area contributed by atoms with E-state index in [-0.39, 0.29) is 24.2 Å². The van der Waals surface area contributed by atoms with Crippen molar-refractivity contribution in [2.75, 3.05) is 17.9 Å². The molecule has 31 heavy (non-hydrogen) atoms. The zero-order valence-corrected chi connectivity index (χ0v) is 17.4. The summed E-state index contributed by atoms with van der Waals surface area (Å²) in [6, 6.07) is 12.3. The second-order valence-electron chi connectivity index (χ2n) is 7.29. The molecule has 0 spiro atoms. The van der Waals surface area contributed by atoms with Gasteiger partial charge < -0.3 is 19.9 Å². The highest BCUT2D eigenvalue weighted by molar-refractivity contribution is 8.00. The number of thioether (sulfide) groups is 1. The number of aliphatic carboxylic acids is 1. The van der Waals surface area contributed by atoms with Gasteiger partial charge in [0, 0.05) is 16.1 Å². The highest BCUT2D eigenvalue weighted by Gasteiger charge is 2.33. The fraction of sp³-hybridized carbons (Fsp3) is 0.261. The van der Waals surface area contributed by atoms with Crippen molar-refractivity contribution in [3.05, 3.63) is 60.2 Å². The first-order chi connectivity index (χ1) is 15.0. The minimum Gasteiger partial charge on any atom is -0.481 e. The van der Waals surface area contributed by atoms with Crippen LogP contribution in [-0.4, -0.2) is 35.3 Å². The maximum Gasteiger partial charge on any atom is 0.307 e. The van der Waals surface area contributed by atoms with E-state index < -0.39 is 17.8 Å². The Hall–Kier alpha value is -3.26. The number of benzene rings is 2. The van der Waals surface area contributed by atoms with Crippen LogP contribution in [0.2, 0.25) is 0 Å². The van der Waals surface area contributed by atoms with Crippen molar-refractivity contribution in [3.63, 3.8) is 0 Å². The monoisotopic (exact) mass is 439 g/mol. The van der Waals surface area contributed by atoms with Crippen LogP contribution in [0.1, 0.15) is 23.2 Å². The van der Waals surface area contributed by atoms with Crippen LogP contribution in [0.15, 0.2) is 59.5 Å². The number of Topliss-reactive ketones (excluding diaryl/α,β-unsaturated/α-hetero) is 1. The Labute approximate surface area is 183 Å². The average molecular weight is 439 g/mol. The number of hydrogen-bond acceptors (Lipinski definition) is 6. The molecule has 1 aliphatic carbocycles. The van der Waals surface area contributed by atoms with Crippen LogP contribution in [0.3, 0.4) is 0 Å². The lowest BCUT2D eigenvalue weighted by Crippen LogP contribution is -2.34. The Morgan fingerprint density at radius 2 is 1.77 bits per heavy atom. The highest BCUT2D eigenvalue weighted by atomic mass is 32.2. The zero-order chi connectivity index (χ0) is 21.8. The first-order valence-electron chi connectivity index (χ1n) is 9.85. The Balaban J connectivity index is 1.37. The molecule has 0 radical (unpaired) electrons. The molecule has 8 heteroatoms. The normalized spacial score (nSPS) is 19.1. The third-order valence-corrected chi connectivity index (χ3v) is 6.25. The molecule has 2 atom stereocenters. The molecule has 2 aliphatic rings. The summed E-state index contributed by atoms with van der Waals surface area (Å²) in [5, 5.41) is 12.2. The number of nitrogens with one attached hydrogen (secondary N) is 1. The number of allylic oxidation sites excluding steroid dienone is 2. The summed E-state index contributed by atoms with van der Waals surface area (Å²) in [6.07, 6.45) is 4.40. The number of rotatable bonds is 7. The van der Waals surface area contributed by atoms with Crippen LogP contribution in [0.5, 0.6) is 11.5 Å². The predicted octanol–water partition coefficient (Wildman–Crippen LogP) is 4.00. The van der Waals surface area contributed by atoms with Crippen LogP contribution < -0.4 is 14.8 Å². The van der Waals surface area contributed by atoms with Crippen molar-refractivity contribution in [1.82, 2.24) is 0 Å². The van der Waals surface area contributed by atoms with Crippen molar-refractivity contribution in [3.8, 4) is 11.5 Å². The third-order valence-electron chi connectivity index (χ3n) is 5.25. The number of carbonyl (C=O) groups is 3. The first-order valence-corrected chi connectivity index (χ1v) is 10.8. The summed E-state index contributed by atoms with van der Waals surface area (Å²) in [6.45, 7) is 0.157. The van der Waals surface area contributed by atoms with Crippen LogP contribution in [0.4, 0.5) is 5.69 Å². The number of carboxylic acid groups (broad SMARTS) is 1. The fourth-order valence-corrected chi connectivity index (χ4v) is 4.43. The SMILES string of the molecule is O=C(CSc1cccc(NC(=O)C2CC=CCC2C(=O)O)c1)c1ccc2c(c1)OCO2. The number of ether oxygens (including phenoxy) is 2. The summed E-state index contributed by atoms with van der Waals surface area (Å²) in [5.74, 6) is -1.22. The van der Waals surface area contributed by atoms with Gasteiger partial charge in [-0.1, -0.05) is 18.2 Å². The van der Waals surface area contributed by atoms with Gasteiger partial charge >= 0.3 is 5.97 Å². The van der Waals surface area contributed by atoms with E-state index in [2.05, 4.69) is 5.32 Å². The molecule has 160 valence electrons. The molecule has 2 aromatic carbocycles. The Morgan fingerprint density at radius 1 is 1.00 bits per heavy atom. The smallest absolute Gasteiger partial charge is 0.307 e. The largest absolute Gasteiger partial charge is 0.481 e. The lowest BCUT2D eigenvalue weighted by molar-refractivity contribution is -0.146. The van der Waals surface area contributed by atoms with Crippen molar-refractivity contribution in [1.29, 1.82) is 0 Å². The minimum atomic E-state index is -0.962. The number of amides is 1. The summed E-state index contributed by atoms with van der Waals surface area (Å²) in [5.41, 5.74) is 1.12. The van der Waals surface area contributed by atoms with E-state index in [1.54, 1.807) is 42.5 Å². The Kier molecular flexibility index (Phi) is 6.27. The summed E-state index contributed by atoms with van der Waals surface area (Å²) in [4.78, 5) is 37.4. The minimum absolute atomic E-state index is 0.0453. The van der Waals surface area contributed by atoms with E-state index in [0.29, 0.717) is 35.6 Å². The number of carbonyl (C=O) groups excluding carboxylic acids is 2. The molecule has 0 saturated heterocycles. The maximum absolute atomic E-state index is 12.6. The highest BCUT2D eigenvalue weighted by Crippen LogP contribution is 2.33. The molecule has 2 aromatic rings. The zero-order valence-electron chi connectivity index (χ0n) is 16.6. The molecule has 1 heterocycles. The second-order valence-corrected chi connectivity index (χ2v) is 8.34. The molecule has 4 rings (SSSR count). The van der Waals surface area contributed by atoms with Crippen molar-refractivity contribution >= 4 is 35.1 Å². The van der Waals surface area contributed by atoms with Crippen molar-refractivity contribution in [2.24, 2.45) is 11.8 Å². The second kappa shape index (κ2) is 9.26. The summed E-state index contributed by atoms with van der Waals surface area (Å²) < 4.78 is 10.6. The average Bonchev–Trinajstić information content (AvgIpc) is 3.25. The van der Waals surface area contributed by atoms with Gasteiger partial charge in [0.15, 0.2) is 17.3 Å². The number of anilines is 1. The quantitative estimate of drug-likeness (QED) is 0.382. The van der Waals surface area contributed by atoms with Crippen LogP contribution in [0.25, 0.3) is 0 Å². The molecular weight excluding hydrogens is 418 g/mol. The molecule has 0 bridgehead atoms. The maximum atomic E-state index is 12.6. The number of ketones is 1. The van der Waals surface area contributed by atoms with Gasteiger partial charge in [0.1, 0.15) is 0 Å². The van der Waals surface area contributed by atoms with E-state index in [9.17, 15) is 19.5 Å². The van der Waals surface area contributed by atoms with E-state index in [0.717, 1.165) is 4.90 Å². The number of fused-ring (bicyclic) bond motifs is 1. The molecule has 0 aromatic heterocycles. The molecule has 1 amide bonds. The van der Waals surface area contributed by atoms with Gasteiger partial charge in [-0.2, -0.15) is 0 Å². The molecule has 0 saturated carbocycles. The summed E-state index contributed by atoms with van der Waals surface area (Å²) >= 11 is 1.36. The van der Waals surface area contributed by atoms with Gasteiger partial charge in [-0.3, -0.25) is 14.4 Å². The van der Waals surface area contributed by atoms with E-state index >= 15 is 0 Å². The molecule has 2 N–H and O–H groups in total. The van der Waals surface area contributed by atoms with Gasteiger partial charge in [-0.15, -0.1) is 11.8 Å². The first kappa shape index (κ1) is 21.0. The lowest BCUT2D eigenvalue weighted by Gasteiger charge is -2.24. The van der Waals surface area contributed by atoms with Crippen LogP contribution in [-0.2, 0) is 9.59 Å². The van der Waals surface area contributed by atoms with Crippen LogP contribution in [0, 0.1) is 11.8 Å².